The van der Waals surface area contributed by atoms with Crippen LogP contribution < -0.4 is 10.2 Å². The fraction of sp³-hybridized carbons (Fsp3) is 0.407. The Morgan fingerprint density at radius 2 is 1.76 bits per heavy atom. The van der Waals surface area contributed by atoms with E-state index in [1.165, 1.54) is 11.6 Å². The zero-order chi connectivity index (χ0) is 24.1. The van der Waals surface area contributed by atoms with Gasteiger partial charge < -0.3 is 14.8 Å². The van der Waals surface area contributed by atoms with Crippen LogP contribution in [0.15, 0.2) is 60.9 Å². The van der Waals surface area contributed by atoms with Gasteiger partial charge in [0.15, 0.2) is 0 Å². The second-order valence-electron chi connectivity index (χ2n) is 8.90. The Kier molecular flexibility index (Phi) is 7.63. The number of hydrogen-bond donors (Lipinski definition) is 1. The molecule has 0 bridgehead atoms. The second kappa shape index (κ2) is 10.8. The van der Waals surface area contributed by atoms with Crippen LogP contribution in [0, 0.1) is 11.7 Å². The van der Waals surface area contributed by atoms with E-state index in [0.717, 1.165) is 31.8 Å². The zero-order valence-corrected chi connectivity index (χ0v) is 20.2. The molecular formula is C27H34FN5O. The van der Waals surface area contributed by atoms with Gasteiger partial charge in [0.05, 0.1) is 11.7 Å². The molecule has 1 aliphatic rings. The van der Waals surface area contributed by atoms with Gasteiger partial charge in [0.1, 0.15) is 11.6 Å². The maximum Gasteiger partial charge on any atom is 0.227 e. The average Bonchev–Trinajstić information content (AvgIpc) is 3.27. The molecule has 2 heterocycles. The van der Waals surface area contributed by atoms with Gasteiger partial charge in [0.2, 0.25) is 5.91 Å². The molecule has 1 aromatic heterocycles. The van der Waals surface area contributed by atoms with Crippen molar-refractivity contribution in [3.63, 3.8) is 0 Å². The number of benzene rings is 2. The van der Waals surface area contributed by atoms with Crippen molar-refractivity contribution in [1.29, 1.82) is 0 Å². The number of aromatic nitrogens is 2. The minimum Gasteiger partial charge on any atom is -0.367 e. The molecule has 6 nitrogen and oxygen atoms in total. The molecule has 1 amide bonds. The number of nitrogens with zero attached hydrogens (tertiary/aromatic N) is 4. The van der Waals surface area contributed by atoms with E-state index >= 15 is 4.39 Å². The summed E-state index contributed by atoms with van der Waals surface area (Å²) in [5.41, 5.74) is 2.29. The zero-order valence-electron chi connectivity index (χ0n) is 20.2. The van der Waals surface area contributed by atoms with Crippen LogP contribution in [0.5, 0.6) is 0 Å². The summed E-state index contributed by atoms with van der Waals surface area (Å²) in [5, 5.41) is 2.86. The van der Waals surface area contributed by atoms with E-state index in [1.54, 1.807) is 12.1 Å². The van der Waals surface area contributed by atoms with Crippen molar-refractivity contribution in [3.05, 3.63) is 78.1 Å². The highest BCUT2D eigenvalue weighted by atomic mass is 19.1. The van der Waals surface area contributed by atoms with Crippen LogP contribution in [0.2, 0.25) is 0 Å². The van der Waals surface area contributed by atoms with Crippen LogP contribution in [0.3, 0.4) is 0 Å². The first-order valence-electron chi connectivity index (χ1n) is 12.1. The van der Waals surface area contributed by atoms with Gasteiger partial charge in [-0.1, -0.05) is 44.2 Å². The number of piperazine rings is 1. The molecule has 34 heavy (non-hydrogen) atoms. The van der Waals surface area contributed by atoms with E-state index in [-0.39, 0.29) is 23.7 Å². The van der Waals surface area contributed by atoms with E-state index in [4.69, 9.17) is 0 Å². The summed E-state index contributed by atoms with van der Waals surface area (Å²) in [4.78, 5) is 21.5. The van der Waals surface area contributed by atoms with Crippen LogP contribution in [0.25, 0.3) is 0 Å². The molecule has 0 aliphatic carbocycles. The first-order valence-corrected chi connectivity index (χ1v) is 12.1. The maximum absolute atomic E-state index is 15.0. The maximum atomic E-state index is 15.0. The topological polar surface area (TPSA) is 53.4 Å². The predicted octanol–water partition coefficient (Wildman–Crippen LogP) is 4.85. The number of amides is 1. The molecule has 7 heteroatoms. The van der Waals surface area contributed by atoms with E-state index in [9.17, 15) is 4.79 Å². The lowest BCUT2D eigenvalue weighted by atomic mass is 10.0. The van der Waals surface area contributed by atoms with Crippen molar-refractivity contribution in [3.8, 4) is 0 Å². The number of carbonyl (C=O) groups excluding carboxylic acids is 1. The number of imidazole rings is 1. The van der Waals surface area contributed by atoms with Crippen molar-refractivity contribution < 1.29 is 9.18 Å². The van der Waals surface area contributed by atoms with Gasteiger partial charge in [0.25, 0.3) is 0 Å². The van der Waals surface area contributed by atoms with Gasteiger partial charge in [-0.15, -0.1) is 0 Å². The first-order chi connectivity index (χ1) is 16.5. The molecule has 0 spiro atoms. The molecule has 3 aromatic rings. The minimum absolute atomic E-state index is 0.0490. The molecule has 1 N–H and O–H groups in total. The van der Waals surface area contributed by atoms with Crippen molar-refractivity contribution in [2.45, 2.75) is 32.7 Å². The number of nitrogens with one attached hydrogen (secondary N) is 1. The highest BCUT2D eigenvalue weighted by Crippen LogP contribution is 2.30. The molecule has 180 valence electrons. The van der Waals surface area contributed by atoms with Crippen LogP contribution in [0.1, 0.15) is 44.1 Å². The third-order valence-electron chi connectivity index (χ3n) is 6.81. The summed E-state index contributed by atoms with van der Waals surface area (Å²) < 4.78 is 17.1. The summed E-state index contributed by atoms with van der Waals surface area (Å²) >= 11 is 0. The van der Waals surface area contributed by atoms with E-state index < -0.39 is 0 Å². The number of carbonyl (C=O) groups is 1. The van der Waals surface area contributed by atoms with E-state index in [0.29, 0.717) is 24.5 Å². The van der Waals surface area contributed by atoms with Crippen molar-refractivity contribution >= 4 is 17.3 Å². The minimum atomic E-state index is -0.306. The smallest absolute Gasteiger partial charge is 0.227 e. The van der Waals surface area contributed by atoms with Gasteiger partial charge in [-0.25, -0.2) is 9.37 Å². The molecule has 4 rings (SSSR count). The van der Waals surface area contributed by atoms with E-state index in [2.05, 4.69) is 48.9 Å². The highest BCUT2D eigenvalue weighted by molar-refractivity contribution is 5.92. The second-order valence-corrected chi connectivity index (χ2v) is 8.90. The Hall–Kier alpha value is -3.19. The Labute approximate surface area is 201 Å². The summed E-state index contributed by atoms with van der Waals surface area (Å²) in [6, 6.07) is 15.5. The van der Waals surface area contributed by atoms with Crippen molar-refractivity contribution in [1.82, 2.24) is 14.5 Å². The molecule has 0 radical (unpaired) electrons. The molecule has 0 saturated carbocycles. The van der Waals surface area contributed by atoms with Crippen LogP contribution in [-0.4, -0.2) is 46.5 Å². The number of halogens is 1. The van der Waals surface area contributed by atoms with Gasteiger partial charge in [0, 0.05) is 57.2 Å². The SMILES string of the molecule is CCC(CC)C(=O)Nc1ccc(N2CCN(C(c3ccccc3)c3nccn3C)CC2)c(F)c1. The predicted molar refractivity (Wildman–Crippen MR) is 134 cm³/mol. The van der Waals surface area contributed by atoms with Crippen LogP contribution in [-0.2, 0) is 11.8 Å². The monoisotopic (exact) mass is 463 g/mol. The van der Waals surface area contributed by atoms with Gasteiger partial charge >= 0.3 is 0 Å². The quantitative estimate of drug-likeness (QED) is 0.519. The van der Waals surface area contributed by atoms with Crippen LogP contribution >= 0.6 is 0 Å². The van der Waals surface area contributed by atoms with Crippen molar-refractivity contribution in [2.75, 3.05) is 36.4 Å². The standard InChI is InChI=1S/C27H34FN5O/c1-4-20(5-2)27(34)30-22-11-12-24(23(28)19-22)32-15-17-33(18-16-32)25(21-9-7-6-8-10-21)26-29-13-14-31(26)3/h6-14,19-20,25H,4-5,15-18H2,1-3H3,(H,30,34). The lowest BCUT2D eigenvalue weighted by Gasteiger charge is -2.40. The van der Waals surface area contributed by atoms with Crippen LogP contribution in [0.4, 0.5) is 15.8 Å². The van der Waals surface area contributed by atoms with Gasteiger partial charge in [-0.3, -0.25) is 9.69 Å². The summed E-state index contributed by atoms with van der Waals surface area (Å²) in [6.45, 7) is 6.99. The molecule has 1 aliphatic heterocycles. The third kappa shape index (κ3) is 5.14. The fourth-order valence-corrected chi connectivity index (χ4v) is 4.77. The fourth-order valence-electron chi connectivity index (χ4n) is 4.77. The average molecular weight is 464 g/mol. The third-order valence-corrected chi connectivity index (χ3v) is 6.81. The normalized spacial score (nSPS) is 15.5. The Morgan fingerprint density at radius 3 is 2.35 bits per heavy atom. The summed E-state index contributed by atoms with van der Waals surface area (Å²) in [5.74, 6) is 0.599. The van der Waals surface area contributed by atoms with Gasteiger partial charge in [-0.2, -0.15) is 0 Å². The Bertz CT molecular complexity index is 1090. The summed E-state index contributed by atoms with van der Waals surface area (Å²) in [6.07, 6.45) is 5.35. The number of rotatable bonds is 8. The van der Waals surface area contributed by atoms with Crippen molar-refractivity contribution in [2.24, 2.45) is 13.0 Å². The Balaban J connectivity index is 1.46. The molecule has 1 atom stereocenters. The first kappa shape index (κ1) is 24.0. The Morgan fingerprint density at radius 1 is 1.06 bits per heavy atom. The number of hydrogen-bond acceptors (Lipinski definition) is 4. The lowest BCUT2D eigenvalue weighted by molar-refractivity contribution is -0.120. The summed E-state index contributed by atoms with van der Waals surface area (Å²) in [7, 11) is 2.02. The number of aryl methyl sites for hydroxylation is 1. The lowest BCUT2D eigenvalue weighted by Crippen LogP contribution is -2.48. The number of anilines is 2. The molecule has 1 unspecified atom stereocenters. The highest BCUT2D eigenvalue weighted by Gasteiger charge is 2.29. The van der Waals surface area contributed by atoms with Gasteiger partial charge in [-0.05, 0) is 36.6 Å². The molecule has 1 fully saturated rings. The molecule has 2 aromatic carbocycles. The molecular weight excluding hydrogens is 429 g/mol. The van der Waals surface area contributed by atoms with E-state index in [1.807, 2.05) is 39.4 Å². The largest absolute Gasteiger partial charge is 0.367 e. The molecule has 1 saturated heterocycles.